The number of nitrogens with one attached hydrogen (secondary N) is 1. The molecular weight excluding hydrogens is 429 g/mol. The van der Waals surface area contributed by atoms with Crippen LogP contribution in [0.2, 0.25) is 0 Å². The van der Waals surface area contributed by atoms with Crippen LogP contribution in [-0.4, -0.2) is 33.9 Å². The Kier molecular flexibility index (Phi) is 5.73. The van der Waals surface area contributed by atoms with Crippen LogP contribution in [0.5, 0.6) is 0 Å². The van der Waals surface area contributed by atoms with Crippen molar-refractivity contribution in [3.8, 4) is 5.69 Å². The van der Waals surface area contributed by atoms with Gasteiger partial charge in [0.25, 0.3) is 0 Å². The summed E-state index contributed by atoms with van der Waals surface area (Å²) in [5, 5.41) is 6.58. The Morgan fingerprint density at radius 3 is 2.68 bits per heavy atom. The topological polar surface area (TPSA) is 67.2 Å². The van der Waals surface area contributed by atoms with E-state index in [2.05, 4.69) is 10.4 Å². The molecule has 0 atom stereocenters. The standard InChI is InChI=1S/C21H17F3N4O2S/c22-21(23,24)14-6-7-16(28-10-3-9-25-28)15(12-14)26-19(29)8-11-27-17-4-1-2-5-18(17)31-13-20(27)30/h1-7,9-10,12H,8,11,13H2,(H,26,29). The molecule has 2 aromatic carbocycles. The minimum absolute atomic E-state index is 0.00977. The number of rotatable bonds is 5. The minimum Gasteiger partial charge on any atom is -0.324 e. The van der Waals surface area contributed by atoms with Crippen LogP contribution in [0.15, 0.2) is 65.8 Å². The number of nitrogens with zero attached hydrogens (tertiary/aromatic N) is 3. The normalized spacial score (nSPS) is 13.8. The molecule has 1 aliphatic rings. The van der Waals surface area contributed by atoms with Crippen LogP contribution in [0.25, 0.3) is 5.69 Å². The number of anilines is 2. The van der Waals surface area contributed by atoms with Gasteiger partial charge in [0, 0.05) is 30.3 Å². The molecule has 0 bridgehead atoms. The van der Waals surface area contributed by atoms with Crippen LogP contribution in [-0.2, 0) is 15.8 Å². The molecular formula is C21H17F3N4O2S. The quantitative estimate of drug-likeness (QED) is 0.633. The molecule has 10 heteroatoms. The van der Waals surface area contributed by atoms with Crippen molar-refractivity contribution in [3.63, 3.8) is 0 Å². The van der Waals surface area contributed by atoms with Gasteiger partial charge in [-0.25, -0.2) is 4.68 Å². The molecule has 1 aromatic heterocycles. The summed E-state index contributed by atoms with van der Waals surface area (Å²) in [6.45, 7) is 0.123. The van der Waals surface area contributed by atoms with E-state index >= 15 is 0 Å². The first-order valence-electron chi connectivity index (χ1n) is 9.36. The summed E-state index contributed by atoms with van der Waals surface area (Å²) in [4.78, 5) is 27.4. The third-order valence-electron chi connectivity index (χ3n) is 4.72. The highest BCUT2D eigenvalue weighted by Gasteiger charge is 2.31. The van der Waals surface area contributed by atoms with Crippen LogP contribution < -0.4 is 10.2 Å². The number of carbonyl (C=O) groups is 2. The highest BCUT2D eigenvalue weighted by Crippen LogP contribution is 2.35. The van der Waals surface area contributed by atoms with Crippen molar-refractivity contribution in [3.05, 3.63) is 66.5 Å². The average Bonchev–Trinajstić information content (AvgIpc) is 3.27. The minimum atomic E-state index is -4.55. The Hall–Kier alpha value is -3.27. The average molecular weight is 446 g/mol. The Morgan fingerprint density at radius 2 is 1.94 bits per heavy atom. The van der Waals surface area contributed by atoms with E-state index < -0.39 is 17.6 Å². The molecule has 160 valence electrons. The lowest BCUT2D eigenvalue weighted by molar-refractivity contribution is -0.137. The molecule has 0 spiro atoms. The van der Waals surface area contributed by atoms with Gasteiger partial charge in [0.15, 0.2) is 0 Å². The van der Waals surface area contributed by atoms with Crippen LogP contribution in [0.1, 0.15) is 12.0 Å². The number of amides is 2. The molecule has 2 amide bonds. The lowest BCUT2D eigenvalue weighted by Gasteiger charge is -2.28. The van der Waals surface area contributed by atoms with Gasteiger partial charge in [0.05, 0.1) is 28.4 Å². The lowest BCUT2D eigenvalue weighted by Crippen LogP contribution is -2.37. The number of halogens is 3. The Balaban J connectivity index is 1.53. The second-order valence-corrected chi connectivity index (χ2v) is 7.80. The summed E-state index contributed by atoms with van der Waals surface area (Å²) in [6.07, 6.45) is -1.57. The van der Waals surface area contributed by atoms with Crippen LogP contribution in [0.4, 0.5) is 24.5 Å². The fraction of sp³-hybridized carbons (Fsp3) is 0.190. The smallest absolute Gasteiger partial charge is 0.324 e. The first kappa shape index (κ1) is 21.0. The van der Waals surface area contributed by atoms with Gasteiger partial charge in [-0.05, 0) is 36.4 Å². The number of hydrogen-bond acceptors (Lipinski definition) is 4. The monoisotopic (exact) mass is 446 g/mol. The zero-order valence-electron chi connectivity index (χ0n) is 16.1. The molecule has 0 fully saturated rings. The van der Waals surface area contributed by atoms with Crippen molar-refractivity contribution in [2.24, 2.45) is 0 Å². The van der Waals surface area contributed by atoms with E-state index in [4.69, 9.17) is 0 Å². The van der Waals surface area contributed by atoms with E-state index in [9.17, 15) is 22.8 Å². The summed E-state index contributed by atoms with van der Waals surface area (Å²) in [5.74, 6) is -0.348. The molecule has 0 saturated heterocycles. The fourth-order valence-corrected chi connectivity index (χ4v) is 4.18. The zero-order valence-corrected chi connectivity index (χ0v) is 16.9. The molecule has 0 radical (unpaired) electrons. The van der Waals surface area contributed by atoms with Crippen LogP contribution in [0.3, 0.4) is 0 Å². The summed E-state index contributed by atoms with van der Waals surface area (Å²) in [7, 11) is 0. The maximum Gasteiger partial charge on any atom is 0.416 e. The van der Waals surface area contributed by atoms with Gasteiger partial charge in [-0.15, -0.1) is 11.8 Å². The second kappa shape index (κ2) is 8.46. The van der Waals surface area contributed by atoms with Crippen molar-refractivity contribution < 1.29 is 22.8 Å². The number of hydrogen-bond donors (Lipinski definition) is 1. The highest BCUT2D eigenvalue weighted by molar-refractivity contribution is 8.00. The van der Waals surface area contributed by atoms with Crippen molar-refractivity contribution >= 4 is 35.0 Å². The molecule has 0 aliphatic carbocycles. The predicted molar refractivity (Wildman–Crippen MR) is 111 cm³/mol. The summed E-state index contributed by atoms with van der Waals surface area (Å²) in [5.41, 5.74) is 0.148. The summed E-state index contributed by atoms with van der Waals surface area (Å²) in [6, 6.07) is 12.1. The number of aromatic nitrogens is 2. The van der Waals surface area contributed by atoms with Crippen molar-refractivity contribution in [2.45, 2.75) is 17.5 Å². The Morgan fingerprint density at radius 1 is 1.13 bits per heavy atom. The summed E-state index contributed by atoms with van der Waals surface area (Å²) >= 11 is 1.43. The van der Waals surface area contributed by atoms with E-state index in [1.165, 1.54) is 33.6 Å². The van der Waals surface area contributed by atoms with Crippen molar-refractivity contribution in [1.82, 2.24) is 9.78 Å². The van der Waals surface area contributed by atoms with Gasteiger partial charge in [0.1, 0.15) is 0 Å². The predicted octanol–water partition coefficient (Wildman–Crippen LogP) is 4.36. The SMILES string of the molecule is O=C(CCN1C(=O)CSc2ccccc21)Nc1cc(C(F)(F)F)ccc1-n1cccn1. The van der Waals surface area contributed by atoms with E-state index in [1.807, 2.05) is 18.2 Å². The van der Waals surface area contributed by atoms with E-state index in [0.29, 0.717) is 5.69 Å². The van der Waals surface area contributed by atoms with Crippen LogP contribution in [0, 0.1) is 0 Å². The van der Waals surface area contributed by atoms with Gasteiger partial charge in [-0.3, -0.25) is 9.59 Å². The maximum atomic E-state index is 13.2. The number of alkyl halides is 3. The Labute approximate surface area is 180 Å². The number of carbonyl (C=O) groups excluding carboxylic acids is 2. The first-order valence-corrected chi connectivity index (χ1v) is 10.3. The maximum absolute atomic E-state index is 13.2. The molecule has 4 rings (SSSR count). The van der Waals surface area contributed by atoms with Crippen LogP contribution >= 0.6 is 11.8 Å². The fourth-order valence-electron chi connectivity index (χ4n) is 3.25. The largest absolute Gasteiger partial charge is 0.416 e. The van der Waals surface area contributed by atoms with E-state index in [-0.39, 0.29) is 30.3 Å². The molecule has 6 nitrogen and oxygen atoms in total. The molecule has 1 N–H and O–H groups in total. The number of benzene rings is 2. The number of para-hydroxylation sites is 1. The van der Waals surface area contributed by atoms with E-state index in [1.54, 1.807) is 18.3 Å². The molecule has 31 heavy (non-hydrogen) atoms. The molecule has 0 saturated carbocycles. The molecule has 1 aliphatic heterocycles. The molecule has 3 aromatic rings. The van der Waals surface area contributed by atoms with Gasteiger partial charge < -0.3 is 10.2 Å². The number of thioether (sulfide) groups is 1. The zero-order chi connectivity index (χ0) is 22.0. The Bertz CT molecular complexity index is 1120. The second-order valence-electron chi connectivity index (χ2n) is 6.78. The molecule has 0 unspecified atom stereocenters. The summed E-state index contributed by atoms with van der Waals surface area (Å²) < 4.78 is 40.9. The van der Waals surface area contributed by atoms with Crippen molar-refractivity contribution in [1.29, 1.82) is 0 Å². The van der Waals surface area contributed by atoms with Crippen molar-refractivity contribution in [2.75, 3.05) is 22.5 Å². The van der Waals surface area contributed by atoms with Gasteiger partial charge in [-0.2, -0.15) is 18.3 Å². The third kappa shape index (κ3) is 4.58. The lowest BCUT2D eigenvalue weighted by atomic mass is 10.1. The van der Waals surface area contributed by atoms with Gasteiger partial charge in [-0.1, -0.05) is 12.1 Å². The highest BCUT2D eigenvalue weighted by atomic mass is 32.2. The third-order valence-corrected chi connectivity index (χ3v) is 5.77. The first-order chi connectivity index (χ1) is 14.8. The van der Waals surface area contributed by atoms with Gasteiger partial charge in [0.2, 0.25) is 11.8 Å². The molecule has 2 heterocycles. The van der Waals surface area contributed by atoms with E-state index in [0.717, 1.165) is 22.7 Å². The number of fused-ring (bicyclic) bond motifs is 1. The van der Waals surface area contributed by atoms with Gasteiger partial charge >= 0.3 is 6.18 Å².